The predicted molar refractivity (Wildman–Crippen MR) is 91.3 cm³/mol. The molecule has 2 aliphatic heterocycles. The van der Waals surface area contributed by atoms with E-state index >= 15 is 0 Å². The van der Waals surface area contributed by atoms with Gasteiger partial charge in [-0.3, -0.25) is 9.59 Å². The lowest BCUT2D eigenvalue weighted by Gasteiger charge is -2.40. The Morgan fingerprint density at radius 2 is 1.83 bits per heavy atom. The molecule has 2 amide bonds. The number of hydrogen-bond acceptors (Lipinski definition) is 3. The number of carbonyl (C=O) groups excluding carboxylic acids is 2. The number of rotatable bonds is 2. The average molecular weight is 330 g/mol. The molecule has 130 valence electrons. The minimum Gasteiger partial charge on any atom is -0.367 e. The number of ether oxygens (including phenoxy) is 1. The molecule has 3 atom stereocenters. The normalized spacial score (nSPS) is 27.8. The summed E-state index contributed by atoms with van der Waals surface area (Å²) in [5.41, 5.74) is 1.11. The largest absolute Gasteiger partial charge is 0.367 e. The summed E-state index contributed by atoms with van der Waals surface area (Å²) in [6.45, 7) is 6.12. The standard InChI is InChI=1S/C19H26N2O3/c1-14-11-21(13-18(24-14)16-7-4-3-5-8-16)19(23)17-9-6-10-20(12-17)15(2)22/h3-5,7-8,14,17-18H,6,9-13H2,1-2H3/t14-,17+,18-/m1/s1. The molecule has 0 unspecified atom stereocenters. The van der Waals surface area contributed by atoms with Gasteiger partial charge in [0.15, 0.2) is 0 Å². The highest BCUT2D eigenvalue weighted by Gasteiger charge is 2.35. The summed E-state index contributed by atoms with van der Waals surface area (Å²) in [6, 6.07) is 10.1. The van der Waals surface area contributed by atoms with E-state index < -0.39 is 0 Å². The topological polar surface area (TPSA) is 49.9 Å². The lowest BCUT2D eigenvalue weighted by Crippen LogP contribution is -2.51. The number of hydrogen-bond donors (Lipinski definition) is 0. The smallest absolute Gasteiger partial charge is 0.227 e. The predicted octanol–water partition coefficient (Wildman–Crippen LogP) is 2.23. The van der Waals surface area contributed by atoms with Crippen molar-refractivity contribution in [3.05, 3.63) is 35.9 Å². The zero-order chi connectivity index (χ0) is 17.1. The summed E-state index contributed by atoms with van der Waals surface area (Å²) < 4.78 is 6.04. The van der Waals surface area contributed by atoms with Crippen molar-refractivity contribution >= 4 is 11.8 Å². The first-order valence-corrected chi connectivity index (χ1v) is 8.79. The molecule has 1 aromatic rings. The van der Waals surface area contributed by atoms with Gasteiger partial charge in [0.2, 0.25) is 11.8 Å². The Hall–Kier alpha value is -1.88. The maximum Gasteiger partial charge on any atom is 0.227 e. The number of benzene rings is 1. The van der Waals surface area contributed by atoms with Crippen molar-refractivity contribution in [3.8, 4) is 0 Å². The van der Waals surface area contributed by atoms with Crippen LogP contribution in [-0.2, 0) is 14.3 Å². The van der Waals surface area contributed by atoms with Gasteiger partial charge in [-0.15, -0.1) is 0 Å². The molecule has 2 saturated heterocycles. The van der Waals surface area contributed by atoms with Crippen molar-refractivity contribution in [2.75, 3.05) is 26.2 Å². The number of nitrogens with zero attached hydrogens (tertiary/aromatic N) is 2. The van der Waals surface area contributed by atoms with E-state index in [4.69, 9.17) is 4.74 Å². The van der Waals surface area contributed by atoms with Crippen LogP contribution in [-0.4, -0.2) is 53.9 Å². The molecule has 3 rings (SSSR count). The molecular weight excluding hydrogens is 304 g/mol. The molecule has 2 aliphatic rings. The summed E-state index contributed by atoms with van der Waals surface area (Å²) in [7, 11) is 0. The van der Waals surface area contributed by atoms with E-state index in [2.05, 4.69) is 0 Å². The Balaban J connectivity index is 1.68. The number of amides is 2. The highest BCUT2D eigenvalue weighted by Crippen LogP contribution is 2.27. The first-order valence-electron chi connectivity index (χ1n) is 8.79. The second kappa shape index (κ2) is 7.34. The lowest BCUT2D eigenvalue weighted by molar-refractivity contribution is -0.151. The summed E-state index contributed by atoms with van der Waals surface area (Å²) >= 11 is 0. The SMILES string of the molecule is CC(=O)N1CCC[C@H](C(=O)N2C[C@@H](C)O[C@@H](c3ccccc3)C2)C1. The minimum atomic E-state index is -0.0793. The second-order valence-corrected chi connectivity index (χ2v) is 6.89. The van der Waals surface area contributed by atoms with Crippen molar-refractivity contribution in [1.29, 1.82) is 0 Å². The molecule has 0 saturated carbocycles. The van der Waals surface area contributed by atoms with Crippen molar-refractivity contribution in [2.24, 2.45) is 5.92 Å². The summed E-state index contributed by atoms with van der Waals surface area (Å²) in [4.78, 5) is 28.3. The molecule has 24 heavy (non-hydrogen) atoms. The van der Waals surface area contributed by atoms with Gasteiger partial charge in [-0.1, -0.05) is 30.3 Å². The molecule has 1 aromatic carbocycles. The van der Waals surface area contributed by atoms with Gasteiger partial charge in [0.1, 0.15) is 6.10 Å². The Kier molecular flexibility index (Phi) is 5.19. The van der Waals surface area contributed by atoms with Crippen LogP contribution in [0.1, 0.15) is 38.4 Å². The fourth-order valence-corrected chi connectivity index (χ4v) is 3.71. The van der Waals surface area contributed by atoms with Crippen LogP contribution < -0.4 is 0 Å². The van der Waals surface area contributed by atoms with E-state index in [1.54, 1.807) is 11.8 Å². The molecule has 0 radical (unpaired) electrons. The van der Waals surface area contributed by atoms with E-state index in [1.165, 1.54) is 0 Å². The first-order chi connectivity index (χ1) is 11.5. The Labute approximate surface area is 143 Å². The Bertz CT molecular complexity index is 590. The number of carbonyl (C=O) groups is 2. The number of morpholine rings is 1. The maximum absolute atomic E-state index is 13.0. The van der Waals surface area contributed by atoms with E-state index in [9.17, 15) is 9.59 Å². The molecule has 2 heterocycles. The van der Waals surface area contributed by atoms with Crippen LogP contribution in [0.25, 0.3) is 0 Å². The van der Waals surface area contributed by atoms with E-state index in [0.29, 0.717) is 19.6 Å². The molecule has 0 N–H and O–H groups in total. The number of piperidine rings is 1. The van der Waals surface area contributed by atoms with Crippen LogP contribution in [0.2, 0.25) is 0 Å². The van der Waals surface area contributed by atoms with Crippen molar-refractivity contribution < 1.29 is 14.3 Å². The molecule has 5 heteroatoms. The van der Waals surface area contributed by atoms with Gasteiger partial charge in [0.25, 0.3) is 0 Å². The van der Waals surface area contributed by atoms with Crippen molar-refractivity contribution in [2.45, 2.75) is 38.9 Å². The molecule has 0 aliphatic carbocycles. The molecular formula is C19H26N2O3. The highest BCUT2D eigenvalue weighted by atomic mass is 16.5. The first kappa shape index (κ1) is 17.0. The van der Waals surface area contributed by atoms with Crippen LogP contribution in [0.3, 0.4) is 0 Å². The van der Waals surface area contributed by atoms with Crippen LogP contribution in [0, 0.1) is 5.92 Å². The number of likely N-dealkylation sites (tertiary alicyclic amines) is 1. The lowest BCUT2D eigenvalue weighted by atomic mass is 9.95. The van der Waals surface area contributed by atoms with Gasteiger partial charge in [0, 0.05) is 26.6 Å². The van der Waals surface area contributed by atoms with Crippen molar-refractivity contribution in [1.82, 2.24) is 9.80 Å². The average Bonchev–Trinajstić information content (AvgIpc) is 2.61. The third kappa shape index (κ3) is 3.78. The van der Waals surface area contributed by atoms with Gasteiger partial charge >= 0.3 is 0 Å². The van der Waals surface area contributed by atoms with Gasteiger partial charge in [-0.25, -0.2) is 0 Å². The Morgan fingerprint density at radius 1 is 1.08 bits per heavy atom. The minimum absolute atomic E-state index is 0.0143. The molecule has 5 nitrogen and oxygen atoms in total. The van der Waals surface area contributed by atoms with Crippen LogP contribution >= 0.6 is 0 Å². The Morgan fingerprint density at radius 3 is 2.54 bits per heavy atom. The van der Waals surface area contributed by atoms with E-state index in [0.717, 1.165) is 24.9 Å². The zero-order valence-electron chi connectivity index (χ0n) is 14.5. The van der Waals surface area contributed by atoms with Gasteiger partial charge in [0.05, 0.1) is 18.6 Å². The molecule has 2 fully saturated rings. The molecule has 0 spiro atoms. The maximum atomic E-state index is 13.0. The molecule has 0 aromatic heterocycles. The fraction of sp³-hybridized carbons (Fsp3) is 0.579. The van der Waals surface area contributed by atoms with E-state index in [-0.39, 0.29) is 29.9 Å². The van der Waals surface area contributed by atoms with E-state index in [1.807, 2.05) is 42.2 Å². The summed E-state index contributed by atoms with van der Waals surface area (Å²) in [5, 5.41) is 0. The highest BCUT2D eigenvalue weighted by molar-refractivity contribution is 5.81. The fourth-order valence-electron chi connectivity index (χ4n) is 3.71. The van der Waals surface area contributed by atoms with Crippen LogP contribution in [0.4, 0.5) is 0 Å². The molecule has 0 bridgehead atoms. The summed E-state index contributed by atoms with van der Waals surface area (Å²) in [5.74, 6) is 0.145. The monoisotopic (exact) mass is 330 g/mol. The van der Waals surface area contributed by atoms with Crippen LogP contribution in [0.15, 0.2) is 30.3 Å². The second-order valence-electron chi connectivity index (χ2n) is 6.89. The zero-order valence-corrected chi connectivity index (χ0v) is 14.5. The third-order valence-corrected chi connectivity index (χ3v) is 4.96. The van der Waals surface area contributed by atoms with Crippen LogP contribution in [0.5, 0.6) is 0 Å². The van der Waals surface area contributed by atoms with Gasteiger partial charge in [-0.05, 0) is 25.3 Å². The quantitative estimate of drug-likeness (QED) is 0.835. The van der Waals surface area contributed by atoms with Gasteiger partial charge < -0.3 is 14.5 Å². The summed E-state index contributed by atoms with van der Waals surface area (Å²) in [6.07, 6.45) is 1.70. The van der Waals surface area contributed by atoms with Gasteiger partial charge in [-0.2, -0.15) is 0 Å². The van der Waals surface area contributed by atoms with Crippen molar-refractivity contribution in [3.63, 3.8) is 0 Å². The third-order valence-electron chi connectivity index (χ3n) is 4.96.